The van der Waals surface area contributed by atoms with Crippen molar-refractivity contribution in [3.63, 3.8) is 0 Å². The average molecular weight is 479 g/mol. The number of nitrogens with zero attached hydrogens (tertiary/aromatic N) is 2. The van der Waals surface area contributed by atoms with E-state index in [1.807, 2.05) is 47.4 Å². The Balaban J connectivity index is 1.28. The van der Waals surface area contributed by atoms with Crippen LogP contribution >= 0.6 is 11.6 Å². The van der Waals surface area contributed by atoms with E-state index >= 15 is 0 Å². The van der Waals surface area contributed by atoms with Crippen molar-refractivity contribution in [3.05, 3.63) is 89.2 Å². The highest BCUT2D eigenvalue weighted by molar-refractivity contribution is 6.30. The Morgan fingerprint density at radius 2 is 1.82 bits per heavy atom. The molecule has 3 aromatic carbocycles. The number of ether oxygens (including phenoxy) is 1. The molecule has 0 N–H and O–H groups in total. The molecule has 1 amide bonds. The van der Waals surface area contributed by atoms with Crippen molar-refractivity contribution in [1.82, 2.24) is 4.90 Å². The molecule has 4 nitrogen and oxygen atoms in total. The number of rotatable bonds is 5. The molecule has 0 unspecified atom stereocenters. The maximum Gasteiger partial charge on any atom is 0.227 e. The molecule has 2 saturated heterocycles. The number of anilines is 1. The fourth-order valence-electron chi connectivity index (χ4n) is 5.46. The maximum absolute atomic E-state index is 13.9. The van der Waals surface area contributed by atoms with Crippen LogP contribution < -0.4 is 9.64 Å². The Bertz CT molecular complexity index is 1190. The minimum absolute atomic E-state index is 0.0956. The second kappa shape index (κ2) is 9.40. The van der Waals surface area contributed by atoms with Gasteiger partial charge in [-0.1, -0.05) is 29.8 Å². The van der Waals surface area contributed by atoms with E-state index in [0.717, 1.165) is 43.9 Å². The van der Waals surface area contributed by atoms with Crippen LogP contribution in [-0.2, 0) is 11.3 Å². The number of carbonyl (C=O) groups is 1. The molecule has 176 valence electrons. The molecule has 0 bridgehead atoms. The van der Waals surface area contributed by atoms with Crippen molar-refractivity contribution in [2.75, 3.05) is 11.4 Å². The molecule has 34 heavy (non-hydrogen) atoms. The van der Waals surface area contributed by atoms with Crippen LogP contribution in [0.1, 0.15) is 38.2 Å². The number of benzene rings is 3. The van der Waals surface area contributed by atoms with E-state index in [0.29, 0.717) is 17.1 Å². The lowest BCUT2D eigenvalue weighted by atomic mass is 9.81. The molecule has 2 fully saturated rings. The van der Waals surface area contributed by atoms with Crippen LogP contribution in [0.3, 0.4) is 0 Å². The quantitative estimate of drug-likeness (QED) is 0.403. The Hall–Kier alpha value is -2.89. The van der Waals surface area contributed by atoms with Gasteiger partial charge in [-0.25, -0.2) is 4.39 Å². The van der Waals surface area contributed by atoms with E-state index in [1.54, 1.807) is 6.07 Å². The molecule has 2 heterocycles. The van der Waals surface area contributed by atoms with Crippen molar-refractivity contribution in [2.45, 2.75) is 50.7 Å². The lowest BCUT2D eigenvalue weighted by Gasteiger charge is -2.48. The first-order valence-corrected chi connectivity index (χ1v) is 12.1. The molecule has 5 rings (SSSR count). The van der Waals surface area contributed by atoms with Crippen molar-refractivity contribution < 1.29 is 13.9 Å². The van der Waals surface area contributed by atoms with E-state index in [1.165, 1.54) is 17.7 Å². The average Bonchev–Trinajstić information content (AvgIpc) is 3.13. The number of halogens is 2. The number of carbonyl (C=O) groups excluding carboxylic acids is 1. The molecule has 3 aromatic rings. The summed E-state index contributed by atoms with van der Waals surface area (Å²) in [5.74, 6) is 1.33. The number of amides is 1. The zero-order chi connectivity index (χ0) is 23.7. The SMILES string of the molecule is C[C@@H]1C[C@]2(CCC(=O)N2c2cccc(F)c2)CCN1Cc1cccc(Oc2ccc(Cl)cc2)c1. The molecule has 2 atom stereocenters. The van der Waals surface area contributed by atoms with Gasteiger partial charge in [0.1, 0.15) is 17.3 Å². The summed E-state index contributed by atoms with van der Waals surface area (Å²) in [6, 6.07) is 22.2. The van der Waals surface area contributed by atoms with Crippen LogP contribution in [0.4, 0.5) is 10.1 Å². The topological polar surface area (TPSA) is 32.8 Å². The molecule has 0 radical (unpaired) electrons. The first kappa shape index (κ1) is 22.9. The molecule has 0 saturated carbocycles. The van der Waals surface area contributed by atoms with Gasteiger partial charge in [-0.05, 0) is 86.3 Å². The van der Waals surface area contributed by atoms with Crippen LogP contribution in [0.5, 0.6) is 11.5 Å². The van der Waals surface area contributed by atoms with Crippen LogP contribution in [0.25, 0.3) is 0 Å². The Labute approximate surface area is 204 Å². The second-order valence-electron chi connectivity index (χ2n) is 9.41. The fraction of sp³-hybridized carbons (Fsp3) is 0.321. The highest BCUT2D eigenvalue weighted by Crippen LogP contribution is 2.44. The zero-order valence-electron chi connectivity index (χ0n) is 19.2. The normalized spacial score (nSPS) is 23.0. The first-order chi connectivity index (χ1) is 16.4. The third-order valence-electron chi connectivity index (χ3n) is 7.09. The smallest absolute Gasteiger partial charge is 0.227 e. The van der Waals surface area contributed by atoms with Crippen molar-refractivity contribution >= 4 is 23.2 Å². The van der Waals surface area contributed by atoms with Gasteiger partial charge in [0.15, 0.2) is 0 Å². The molecule has 1 spiro atoms. The van der Waals surface area contributed by atoms with Gasteiger partial charge in [0.2, 0.25) is 5.91 Å². The molecule has 0 aromatic heterocycles. The van der Waals surface area contributed by atoms with Crippen LogP contribution in [-0.4, -0.2) is 28.9 Å². The summed E-state index contributed by atoms with van der Waals surface area (Å²) in [7, 11) is 0. The van der Waals surface area contributed by atoms with Gasteiger partial charge in [-0.2, -0.15) is 0 Å². The molecule has 0 aliphatic carbocycles. The van der Waals surface area contributed by atoms with Gasteiger partial charge >= 0.3 is 0 Å². The van der Waals surface area contributed by atoms with Crippen LogP contribution in [0.15, 0.2) is 72.8 Å². The molecule has 6 heteroatoms. The van der Waals surface area contributed by atoms with Gasteiger partial charge in [0.05, 0.1) is 5.54 Å². The number of hydrogen-bond acceptors (Lipinski definition) is 3. The van der Waals surface area contributed by atoms with E-state index in [2.05, 4.69) is 24.0 Å². The minimum Gasteiger partial charge on any atom is -0.457 e. The standard InChI is InChI=1S/C28H28ClFN2O2/c1-20-18-28(13-12-27(33)32(28)24-6-3-5-23(30)17-24)14-15-31(20)19-21-4-2-7-26(16-21)34-25-10-8-22(29)9-11-25/h2-11,16-17,20H,12-15,18-19H2,1H3/t20-,28+/m1/s1. The summed E-state index contributed by atoms with van der Waals surface area (Å²) in [4.78, 5) is 17.2. The monoisotopic (exact) mass is 478 g/mol. The number of hydrogen-bond donors (Lipinski definition) is 0. The predicted molar refractivity (Wildman–Crippen MR) is 133 cm³/mol. The number of likely N-dealkylation sites (tertiary alicyclic amines) is 1. The third-order valence-corrected chi connectivity index (χ3v) is 7.34. The largest absolute Gasteiger partial charge is 0.457 e. The maximum atomic E-state index is 13.9. The Morgan fingerprint density at radius 1 is 1.03 bits per heavy atom. The summed E-state index contributed by atoms with van der Waals surface area (Å²) < 4.78 is 19.9. The minimum atomic E-state index is -0.307. The second-order valence-corrected chi connectivity index (χ2v) is 9.85. The molecular weight excluding hydrogens is 451 g/mol. The summed E-state index contributed by atoms with van der Waals surface area (Å²) in [6.45, 7) is 3.91. The zero-order valence-corrected chi connectivity index (χ0v) is 20.0. The van der Waals surface area contributed by atoms with Gasteiger partial charge < -0.3 is 9.64 Å². The molecule has 2 aliphatic heterocycles. The van der Waals surface area contributed by atoms with Gasteiger partial charge in [0.25, 0.3) is 0 Å². The molecular formula is C28H28ClFN2O2. The van der Waals surface area contributed by atoms with E-state index in [4.69, 9.17) is 16.3 Å². The van der Waals surface area contributed by atoms with Gasteiger partial charge in [-0.15, -0.1) is 0 Å². The highest BCUT2D eigenvalue weighted by atomic mass is 35.5. The highest BCUT2D eigenvalue weighted by Gasteiger charge is 2.49. The summed E-state index contributed by atoms with van der Waals surface area (Å²) in [6.07, 6.45) is 3.09. The van der Waals surface area contributed by atoms with E-state index in [-0.39, 0.29) is 23.3 Å². The fourth-order valence-corrected chi connectivity index (χ4v) is 5.59. The van der Waals surface area contributed by atoms with Crippen LogP contribution in [0.2, 0.25) is 5.02 Å². The van der Waals surface area contributed by atoms with Crippen LogP contribution in [0, 0.1) is 5.82 Å². The third kappa shape index (κ3) is 4.68. The van der Waals surface area contributed by atoms with E-state index in [9.17, 15) is 9.18 Å². The number of piperidine rings is 1. The summed E-state index contributed by atoms with van der Waals surface area (Å²) in [5, 5.41) is 0.679. The lowest BCUT2D eigenvalue weighted by molar-refractivity contribution is -0.117. The summed E-state index contributed by atoms with van der Waals surface area (Å²) >= 11 is 5.97. The van der Waals surface area contributed by atoms with Crippen molar-refractivity contribution in [1.29, 1.82) is 0 Å². The Morgan fingerprint density at radius 3 is 2.59 bits per heavy atom. The lowest BCUT2D eigenvalue weighted by Crippen LogP contribution is -2.56. The van der Waals surface area contributed by atoms with Gasteiger partial charge in [0, 0.05) is 36.3 Å². The van der Waals surface area contributed by atoms with Crippen molar-refractivity contribution in [3.8, 4) is 11.5 Å². The summed E-state index contributed by atoms with van der Waals surface area (Å²) in [5.41, 5.74) is 1.62. The van der Waals surface area contributed by atoms with E-state index < -0.39 is 0 Å². The van der Waals surface area contributed by atoms with Crippen molar-refractivity contribution in [2.24, 2.45) is 0 Å². The first-order valence-electron chi connectivity index (χ1n) is 11.8. The Kier molecular flexibility index (Phi) is 6.32. The van der Waals surface area contributed by atoms with Gasteiger partial charge in [-0.3, -0.25) is 9.69 Å². The predicted octanol–water partition coefficient (Wildman–Crippen LogP) is 6.82. The molecule has 2 aliphatic rings.